The molecule has 0 saturated heterocycles. The molecule has 0 radical (unpaired) electrons. The first-order valence-electron chi connectivity index (χ1n) is 10.6. The molecule has 2 aromatic carbocycles. The highest BCUT2D eigenvalue weighted by atomic mass is 35.5. The minimum absolute atomic E-state index is 0.0751. The molecule has 2 amide bonds. The number of nitrogens with zero attached hydrogens (tertiary/aromatic N) is 3. The van der Waals surface area contributed by atoms with E-state index in [4.69, 9.17) is 17.3 Å². The fraction of sp³-hybridized carbons (Fsp3) is 0.261. The van der Waals surface area contributed by atoms with Gasteiger partial charge in [-0.05, 0) is 36.4 Å². The maximum atomic E-state index is 13.9. The molecule has 0 aliphatic heterocycles. The third-order valence-electron chi connectivity index (χ3n) is 5.39. The van der Waals surface area contributed by atoms with E-state index in [1.165, 1.54) is 36.4 Å². The summed E-state index contributed by atoms with van der Waals surface area (Å²) in [6.07, 6.45) is -4.35. The molecule has 1 aromatic heterocycles. The lowest BCUT2D eigenvalue weighted by molar-refractivity contribution is -0.260. The molecule has 0 spiro atoms. The molecule has 14 heteroatoms. The number of amides is 2. The summed E-state index contributed by atoms with van der Waals surface area (Å²) in [5.74, 6) is -2.94. The number of anilines is 1. The molecule has 3 rings (SSSR count). The number of alkyl halides is 4. The molecule has 1 unspecified atom stereocenters. The summed E-state index contributed by atoms with van der Waals surface area (Å²) in [5, 5.41) is 16.3. The lowest BCUT2D eigenvalue weighted by Crippen LogP contribution is -2.60. The van der Waals surface area contributed by atoms with Crippen LogP contribution in [-0.2, 0) is 0 Å². The van der Waals surface area contributed by atoms with Crippen molar-refractivity contribution in [2.75, 3.05) is 32.0 Å². The number of aliphatic hydroxyl groups is 1. The third kappa shape index (κ3) is 6.17. The Hall–Kier alpha value is -3.71. The minimum Gasteiger partial charge on any atom is -0.383 e. The number of nitrogens with two attached hydrogens (primary N) is 1. The van der Waals surface area contributed by atoms with Gasteiger partial charge in [-0.25, -0.2) is 13.5 Å². The second-order valence-corrected chi connectivity index (χ2v) is 8.35. The molecule has 0 saturated carbocycles. The van der Waals surface area contributed by atoms with Gasteiger partial charge in [0.1, 0.15) is 23.9 Å². The topological polar surface area (TPSA) is 113 Å². The molecule has 4 N–H and O–H groups in total. The number of carbonyl (C=O) groups excluding carboxylic acids is 2. The fourth-order valence-electron chi connectivity index (χ4n) is 3.36. The molecule has 1 atom stereocenters. The number of rotatable bonds is 9. The van der Waals surface area contributed by atoms with Gasteiger partial charge >= 0.3 is 6.18 Å². The highest BCUT2D eigenvalue weighted by Crippen LogP contribution is 2.32. The number of nitrogen functional groups attached to an aromatic ring is 1. The van der Waals surface area contributed by atoms with Crippen molar-refractivity contribution in [2.45, 2.75) is 11.8 Å². The SMILES string of the molecule is Nc1c(C(=O)NCC(O)(CN(CCF)C(=O)c2ccccc2Cl)C(F)(F)F)cnn1-c1ccc(F)cc1. The van der Waals surface area contributed by atoms with Crippen LogP contribution in [0.3, 0.4) is 0 Å². The Kier molecular flexibility index (Phi) is 8.39. The van der Waals surface area contributed by atoms with Crippen LogP contribution in [0.4, 0.5) is 27.8 Å². The van der Waals surface area contributed by atoms with Crippen molar-refractivity contribution in [1.29, 1.82) is 0 Å². The van der Waals surface area contributed by atoms with E-state index in [1.54, 1.807) is 0 Å². The van der Waals surface area contributed by atoms with Crippen molar-refractivity contribution in [3.63, 3.8) is 0 Å². The molecule has 37 heavy (non-hydrogen) atoms. The molecular weight excluding hydrogens is 525 g/mol. The molecule has 0 bridgehead atoms. The number of carbonyl (C=O) groups is 2. The maximum absolute atomic E-state index is 13.9. The average molecular weight is 546 g/mol. The number of halogens is 6. The zero-order valence-corrected chi connectivity index (χ0v) is 19.7. The van der Waals surface area contributed by atoms with E-state index in [1.807, 2.05) is 5.32 Å². The summed E-state index contributed by atoms with van der Waals surface area (Å²) in [5.41, 5.74) is 2.01. The van der Waals surface area contributed by atoms with E-state index in [2.05, 4.69) is 5.10 Å². The van der Waals surface area contributed by atoms with E-state index in [-0.39, 0.29) is 27.7 Å². The van der Waals surface area contributed by atoms with Gasteiger partial charge in [0, 0.05) is 6.54 Å². The summed E-state index contributed by atoms with van der Waals surface area (Å²) in [7, 11) is 0. The van der Waals surface area contributed by atoms with E-state index in [9.17, 15) is 36.6 Å². The van der Waals surface area contributed by atoms with Crippen molar-refractivity contribution in [3.05, 3.63) is 76.7 Å². The predicted molar refractivity (Wildman–Crippen MR) is 125 cm³/mol. The van der Waals surface area contributed by atoms with Gasteiger partial charge in [-0.3, -0.25) is 9.59 Å². The molecule has 0 aliphatic rings. The zero-order chi connectivity index (χ0) is 27.4. The molecule has 198 valence electrons. The first-order chi connectivity index (χ1) is 17.4. The van der Waals surface area contributed by atoms with Gasteiger partial charge in [-0.1, -0.05) is 23.7 Å². The Balaban J connectivity index is 1.81. The lowest BCUT2D eigenvalue weighted by atomic mass is 10.0. The van der Waals surface area contributed by atoms with Crippen LogP contribution in [0.25, 0.3) is 5.69 Å². The van der Waals surface area contributed by atoms with Gasteiger partial charge in [0.25, 0.3) is 11.8 Å². The highest BCUT2D eigenvalue weighted by molar-refractivity contribution is 6.33. The van der Waals surface area contributed by atoms with Crippen molar-refractivity contribution in [3.8, 4) is 5.69 Å². The fourth-order valence-corrected chi connectivity index (χ4v) is 3.58. The van der Waals surface area contributed by atoms with Gasteiger partial charge in [0.2, 0.25) is 0 Å². The van der Waals surface area contributed by atoms with Gasteiger partial charge in [-0.2, -0.15) is 18.3 Å². The van der Waals surface area contributed by atoms with Gasteiger partial charge < -0.3 is 21.1 Å². The van der Waals surface area contributed by atoms with Gasteiger partial charge in [-0.15, -0.1) is 0 Å². The van der Waals surface area contributed by atoms with Crippen LogP contribution in [0.15, 0.2) is 54.7 Å². The van der Waals surface area contributed by atoms with E-state index >= 15 is 0 Å². The minimum atomic E-state index is -5.33. The highest BCUT2D eigenvalue weighted by Gasteiger charge is 2.55. The standard InChI is InChI=1S/C23H21ClF5N5O3/c24-18-4-2-1-3-16(18)21(36)33(10-9-25)13-22(37,23(27,28)29)12-31-20(35)17-11-32-34(19(17)30)15-7-5-14(26)6-8-15/h1-8,11,37H,9-10,12-13,30H2,(H,31,35). The molecule has 0 aliphatic carbocycles. The first-order valence-corrected chi connectivity index (χ1v) is 11.0. The Morgan fingerprint density at radius 3 is 2.35 bits per heavy atom. The van der Waals surface area contributed by atoms with Crippen LogP contribution in [0.2, 0.25) is 5.02 Å². The van der Waals surface area contributed by atoms with Crippen LogP contribution < -0.4 is 11.1 Å². The number of hydrogen-bond donors (Lipinski definition) is 3. The normalized spacial score (nSPS) is 13.2. The Morgan fingerprint density at radius 2 is 1.76 bits per heavy atom. The second-order valence-electron chi connectivity index (χ2n) is 7.94. The summed E-state index contributed by atoms with van der Waals surface area (Å²) >= 11 is 5.94. The lowest BCUT2D eigenvalue weighted by Gasteiger charge is -2.35. The summed E-state index contributed by atoms with van der Waals surface area (Å²) < 4.78 is 69.1. The smallest absolute Gasteiger partial charge is 0.383 e. The third-order valence-corrected chi connectivity index (χ3v) is 5.72. The van der Waals surface area contributed by atoms with E-state index in [0.29, 0.717) is 4.90 Å². The summed E-state index contributed by atoms with van der Waals surface area (Å²) in [6, 6.07) is 10.3. The summed E-state index contributed by atoms with van der Waals surface area (Å²) in [4.78, 5) is 25.8. The van der Waals surface area contributed by atoms with Crippen LogP contribution in [0.1, 0.15) is 20.7 Å². The van der Waals surface area contributed by atoms with Gasteiger partial charge in [0.05, 0.1) is 35.6 Å². The van der Waals surface area contributed by atoms with Crippen molar-refractivity contribution in [2.24, 2.45) is 0 Å². The Morgan fingerprint density at radius 1 is 1.11 bits per heavy atom. The van der Waals surface area contributed by atoms with Gasteiger partial charge in [0.15, 0.2) is 5.60 Å². The van der Waals surface area contributed by atoms with Crippen LogP contribution >= 0.6 is 11.6 Å². The predicted octanol–water partition coefficient (Wildman–Crippen LogP) is 3.38. The van der Waals surface area contributed by atoms with Crippen LogP contribution in [0.5, 0.6) is 0 Å². The summed E-state index contributed by atoms with van der Waals surface area (Å²) in [6.45, 7) is -4.76. The monoisotopic (exact) mass is 545 g/mol. The number of hydrogen-bond acceptors (Lipinski definition) is 5. The first kappa shape index (κ1) is 27.9. The van der Waals surface area contributed by atoms with Crippen molar-refractivity contribution >= 4 is 29.2 Å². The molecule has 3 aromatic rings. The second kappa shape index (κ2) is 11.1. The number of benzene rings is 2. The maximum Gasteiger partial charge on any atom is 0.420 e. The molecule has 8 nitrogen and oxygen atoms in total. The average Bonchev–Trinajstić information content (AvgIpc) is 3.23. The van der Waals surface area contributed by atoms with Crippen LogP contribution in [-0.4, -0.2) is 69.7 Å². The Labute approximate surface area is 212 Å². The Bertz CT molecular complexity index is 1270. The molecular formula is C23H21ClF5N5O3. The molecule has 0 fully saturated rings. The molecule has 1 heterocycles. The number of aromatic nitrogens is 2. The largest absolute Gasteiger partial charge is 0.420 e. The quantitative estimate of drug-likeness (QED) is 0.357. The van der Waals surface area contributed by atoms with E-state index in [0.717, 1.165) is 23.0 Å². The van der Waals surface area contributed by atoms with E-state index < -0.39 is 55.7 Å². The van der Waals surface area contributed by atoms with Crippen molar-refractivity contribution < 1.29 is 36.6 Å². The zero-order valence-electron chi connectivity index (χ0n) is 19.0. The van der Waals surface area contributed by atoms with Crippen LogP contribution in [0, 0.1) is 5.82 Å². The van der Waals surface area contributed by atoms with Crippen molar-refractivity contribution in [1.82, 2.24) is 20.0 Å². The number of nitrogens with one attached hydrogen (secondary N) is 1.